The van der Waals surface area contributed by atoms with Gasteiger partial charge in [-0.3, -0.25) is 0 Å². The maximum absolute atomic E-state index is 5.39. The second kappa shape index (κ2) is 5.26. The first-order chi connectivity index (χ1) is 9.67. The molecule has 3 aromatic carbocycles. The number of rotatable bonds is 2. The molecule has 0 saturated carbocycles. The lowest BCUT2D eigenvalue weighted by Crippen LogP contribution is -1.92. The van der Waals surface area contributed by atoms with Crippen LogP contribution in [0.4, 0.5) is 0 Å². The molecule has 0 fully saturated rings. The number of benzene rings is 3. The van der Waals surface area contributed by atoms with Gasteiger partial charge in [0.05, 0.1) is 14.2 Å². The molecule has 3 rings (SSSR count). The van der Waals surface area contributed by atoms with Crippen molar-refractivity contribution in [3.63, 3.8) is 0 Å². The van der Waals surface area contributed by atoms with E-state index in [-0.39, 0.29) is 0 Å². The van der Waals surface area contributed by atoms with E-state index < -0.39 is 0 Å². The van der Waals surface area contributed by atoms with Gasteiger partial charge >= 0.3 is 0 Å². The predicted molar refractivity (Wildman–Crippen MR) is 90.0 cm³/mol. The predicted octanol–water partition coefficient (Wildman–Crippen LogP) is 5.54. The molecule has 0 saturated heterocycles. The normalized spacial score (nSPS) is 11.0. The van der Waals surface area contributed by atoms with Gasteiger partial charge in [0.2, 0.25) is 0 Å². The summed E-state index contributed by atoms with van der Waals surface area (Å²) in [5.41, 5.74) is 0. The summed E-state index contributed by atoms with van der Waals surface area (Å²) >= 11 is 7.42. The lowest BCUT2D eigenvalue weighted by molar-refractivity contribution is 0.356. The number of ether oxygens (including phenoxy) is 2. The Morgan fingerprint density at radius 3 is 1.45 bits per heavy atom. The molecule has 0 aliphatic carbocycles. The van der Waals surface area contributed by atoms with Gasteiger partial charge in [0.1, 0.15) is 0 Å². The minimum atomic E-state index is 0.725. The molecule has 0 aliphatic rings. The van der Waals surface area contributed by atoms with Crippen LogP contribution in [0.3, 0.4) is 0 Å². The van der Waals surface area contributed by atoms with Crippen LogP contribution in [-0.4, -0.2) is 14.2 Å². The Bertz CT molecular complexity index is 745. The number of hydrogen-bond acceptors (Lipinski definition) is 2. The van der Waals surface area contributed by atoms with Crippen molar-refractivity contribution < 1.29 is 9.47 Å². The van der Waals surface area contributed by atoms with Crippen molar-refractivity contribution in [3.8, 4) is 11.5 Å². The first-order valence-corrected chi connectivity index (χ1v) is 7.67. The van der Waals surface area contributed by atoms with Gasteiger partial charge in [0.15, 0.2) is 11.5 Å². The molecule has 0 aromatic heterocycles. The van der Waals surface area contributed by atoms with Crippen LogP contribution in [-0.2, 0) is 0 Å². The fraction of sp³-hybridized carbons (Fsp3) is 0.125. The quantitative estimate of drug-likeness (QED) is 0.530. The Balaban J connectivity index is 2.52. The zero-order chi connectivity index (χ0) is 14.3. The first-order valence-electron chi connectivity index (χ1n) is 6.08. The highest BCUT2D eigenvalue weighted by atomic mass is 79.9. The monoisotopic (exact) mass is 394 g/mol. The fourth-order valence-electron chi connectivity index (χ4n) is 2.40. The summed E-state index contributed by atoms with van der Waals surface area (Å²) in [5.74, 6) is 1.45. The van der Waals surface area contributed by atoms with Gasteiger partial charge < -0.3 is 9.47 Å². The zero-order valence-corrected chi connectivity index (χ0v) is 14.2. The van der Waals surface area contributed by atoms with Gasteiger partial charge in [0.25, 0.3) is 0 Å². The van der Waals surface area contributed by atoms with Crippen molar-refractivity contribution in [2.75, 3.05) is 14.2 Å². The molecule has 2 nitrogen and oxygen atoms in total. The SMILES string of the molecule is COc1cc2c(Br)c3ccccc3c(Br)c2cc1OC. The van der Waals surface area contributed by atoms with Gasteiger partial charge in [0, 0.05) is 19.7 Å². The minimum Gasteiger partial charge on any atom is -0.493 e. The topological polar surface area (TPSA) is 18.5 Å². The average molecular weight is 396 g/mol. The molecule has 0 radical (unpaired) electrons. The van der Waals surface area contributed by atoms with E-state index in [2.05, 4.69) is 44.0 Å². The molecule has 0 N–H and O–H groups in total. The molecule has 0 bridgehead atoms. The molecule has 20 heavy (non-hydrogen) atoms. The number of halogens is 2. The van der Waals surface area contributed by atoms with Crippen molar-refractivity contribution in [2.45, 2.75) is 0 Å². The molecule has 0 aliphatic heterocycles. The summed E-state index contributed by atoms with van der Waals surface area (Å²) < 4.78 is 12.9. The van der Waals surface area contributed by atoms with E-state index in [9.17, 15) is 0 Å². The summed E-state index contributed by atoms with van der Waals surface area (Å²) in [4.78, 5) is 0. The van der Waals surface area contributed by atoms with Crippen molar-refractivity contribution in [2.24, 2.45) is 0 Å². The van der Waals surface area contributed by atoms with Crippen LogP contribution in [0.5, 0.6) is 11.5 Å². The van der Waals surface area contributed by atoms with E-state index >= 15 is 0 Å². The Morgan fingerprint density at radius 1 is 0.700 bits per heavy atom. The van der Waals surface area contributed by atoms with Gasteiger partial charge in [-0.25, -0.2) is 0 Å². The highest BCUT2D eigenvalue weighted by Gasteiger charge is 2.14. The van der Waals surface area contributed by atoms with E-state index in [1.54, 1.807) is 14.2 Å². The highest BCUT2D eigenvalue weighted by molar-refractivity contribution is 9.11. The van der Waals surface area contributed by atoms with Crippen LogP contribution in [0, 0.1) is 0 Å². The fourth-order valence-corrected chi connectivity index (χ4v) is 3.75. The van der Waals surface area contributed by atoms with Crippen molar-refractivity contribution in [3.05, 3.63) is 45.3 Å². The van der Waals surface area contributed by atoms with Crippen molar-refractivity contribution in [1.29, 1.82) is 0 Å². The molecule has 0 unspecified atom stereocenters. The summed E-state index contributed by atoms with van der Waals surface area (Å²) in [6.45, 7) is 0. The summed E-state index contributed by atoms with van der Waals surface area (Å²) in [5, 5.41) is 4.51. The van der Waals surface area contributed by atoms with Gasteiger partial charge in [-0.05, 0) is 54.8 Å². The molecule has 0 spiro atoms. The third-order valence-corrected chi connectivity index (χ3v) is 5.11. The third kappa shape index (κ3) is 1.98. The van der Waals surface area contributed by atoms with Crippen LogP contribution in [0.25, 0.3) is 21.5 Å². The molecular weight excluding hydrogens is 384 g/mol. The van der Waals surface area contributed by atoms with Crippen LogP contribution in [0.1, 0.15) is 0 Å². The molecule has 0 heterocycles. The van der Waals surface area contributed by atoms with Crippen LogP contribution in [0.15, 0.2) is 45.3 Å². The first kappa shape index (κ1) is 13.7. The lowest BCUT2D eigenvalue weighted by Gasteiger charge is -2.13. The van der Waals surface area contributed by atoms with Crippen molar-refractivity contribution >= 4 is 53.4 Å². The van der Waals surface area contributed by atoms with E-state index in [1.165, 1.54) is 10.8 Å². The molecule has 102 valence electrons. The standard InChI is InChI=1S/C16H12Br2O2/c1-19-13-7-11-12(8-14(13)20-2)16(18)10-6-4-3-5-9(10)15(11)17/h3-8H,1-2H3. The van der Waals surface area contributed by atoms with Crippen molar-refractivity contribution in [1.82, 2.24) is 0 Å². The summed E-state index contributed by atoms with van der Waals surface area (Å²) in [6, 6.07) is 12.3. The molecule has 0 amide bonds. The summed E-state index contributed by atoms with van der Waals surface area (Å²) in [6.07, 6.45) is 0. The second-order valence-electron chi connectivity index (χ2n) is 4.43. The molecule has 0 atom stereocenters. The van der Waals surface area contributed by atoms with Gasteiger partial charge in [-0.15, -0.1) is 0 Å². The van der Waals surface area contributed by atoms with E-state index in [4.69, 9.17) is 9.47 Å². The number of hydrogen-bond donors (Lipinski definition) is 0. The molecule has 3 aromatic rings. The highest BCUT2D eigenvalue weighted by Crippen LogP contribution is 2.43. The average Bonchev–Trinajstić information content (AvgIpc) is 2.51. The van der Waals surface area contributed by atoms with E-state index in [0.29, 0.717) is 0 Å². The maximum Gasteiger partial charge on any atom is 0.161 e. The maximum atomic E-state index is 5.39. The Hall–Kier alpha value is -1.26. The smallest absolute Gasteiger partial charge is 0.161 e. The Morgan fingerprint density at radius 2 is 1.10 bits per heavy atom. The Labute approximate surface area is 133 Å². The molecular formula is C16H12Br2O2. The van der Waals surface area contributed by atoms with E-state index in [0.717, 1.165) is 31.2 Å². The number of fused-ring (bicyclic) bond motifs is 2. The Kier molecular flexibility index (Phi) is 3.61. The van der Waals surface area contributed by atoms with Gasteiger partial charge in [-0.1, -0.05) is 24.3 Å². The van der Waals surface area contributed by atoms with Gasteiger partial charge in [-0.2, -0.15) is 0 Å². The largest absolute Gasteiger partial charge is 0.493 e. The number of methoxy groups -OCH3 is 2. The van der Waals surface area contributed by atoms with Crippen LogP contribution < -0.4 is 9.47 Å². The van der Waals surface area contributed by atoms with Crippen LogP contribution >= 0.6 is 31.9 Å². The summed E-state index contributed by atoms with van der Waals surface area (Å²) in [7, 11) is 3.29. The third-order valence-electron chi connectivity index (χ3n) is 3.40. The second-order valence-corrected chi connectivity index (χ2v) is 6.01. The molecule has 4 heteroatoms. The lowest BCUT2D eigenvalue weighted by atomic mass is 10.0. The van der Waals surface area contributed by atoms with Crippen LogP contribution in [0.2, 0.25) is 0 Å². The zero-order valence-electron chi connectivity index (χ0n) is 11.0. The van der Waals surface area contributed by atoms with E-state index in [1.807, 2.05) is 24.3 Å². The minimum absolute atomic E-state index is 0.725.